The van der Waals surface area contributed by atoms with Crippen LogP contribution in [0, 0.1) is 0 Å². The molecular weight excluding hydrogens is 414 g/mol. The first-order valence-corrected chi connectivity index (χ1v) is 11.5. The monoisotopic (exact) mass is 445 g/mol. The number of aromatic nitrogens is 1. The Labute approximate surface area is 195 Å². The summed E-state index contributed by atoms with van der Waals surface area (Å²) in [5.41, 5.74) is 2.55. The van der Waals surface area contributed by atoms with Gasteiger partial charge in [-0.2, -0.15) is 0 Å². The lowest BCUT2D eigenvalue weighted by Gasteiger charge is -2.30. The van der Waals surface area contributed by atoms with Gasteiger partial charge in [0.15, 0.2) is 5.69 Å². The maximum Gasteiger partial charge on any atom is 0.275 e. The van der Waals surface area contributed by atoms with Crippen molar-refractivity contribution >= 4 is 11.8 Å². The van der Waals surface area contributed by atoms with Crippen molar-refractivity contribution in [3.8, 4) is 11.5 Å². The van der Waals surface area contributed by atoms with Crippen molar-refractivity contribution in [2.24, 2.45) is 0 Å². The summed E-state index contributed by atoms with van der Waals surface area (Å²) in [6.07, 6.45) is 4.69. The second kappa shape index (κ2) is 9.61. The predicted octanol–water partition coefficient (Wildman–Crippen LogP) is 4.90. The standard InChI is InChI=1S/C27H31N3O3/c1-27(2,22-10-6-4-7-11-22)26(32)29(3)18-20-12-14-21(15-13-20)24-28-23(19-33-24)25(31)30-16-8-5-9-17-30/h4,6-7,10-15,19H,5,8-9,16-18H2,1-3H3. The van der Waals surface area contributed by atoms with Crippen LogP contribution in [0.4, 0.5) is 0 Å². The molecule has 0 radical (unpaired) electrons. The molecule has 172 valence electrons. The zero-order valence-corrected chi connectivity index (χ0v) is 19.6. The molecule has 0 aliphatic carbocycles. The fourth-order valence-electron chi connectivity index (χ4n) is 4.32. The highest BCUT2D eigenvalue weighted by Gasteiger charge is 2.32. The van der Waals surface area contributed by atoms with Gasteiger partial charge in [0.2, 0.25) is 11.8 Å². The highest BCUT2D eigenvalue weighted by atomic mass is 16.3. The molecule has 3 aromatic rings. The molecule has 2 heterocycles. The number of hydrogen-bond donors (Lipinski definition) is 0. The van der Waals surface area contributed by atoms with Crippen LogP contribution in [0.25, 0.3) is 11.5 Å². The summed E-state index contributed by atoms with van der Waals surface area (Å²) in [5, 5.41) is 0. The molecule has 1 aromatic heterocycles. The van der Waals surface area contributed by atoms with Crippen LogP contribution in [0.2, 0.25) is 0 Å². The molecule has 1 aliphatic rings. The van der Waals surface area contributed by atoms with Crippen molar-refractivity contribution < 1.29 is 14.0 Å². The SMILES string of the molecule is CN(Cc1ccc(-c2nc(C(=O)N3CCCCC3)co2)cc1)C(=O)C(C)(C)c1ccccc1. The van der Waals surface area contributed by atoms with Crippen molar-refractivity contribution in [1.29, 1.82) is 0 Å². The van der Waals surface area contributed by atoms with Crippen molar-refractivity contribution in [3.63, 3.8) is 0 Å². The molecule has 2 amide bonds. The van der Waals surface area contributed by atoms with E-state index in [1.54, 1.807) is 4.90 Å². The van der Waals surface area contributed by atoms with Crippen LogP contribution in [0.5, 0.6) is 0 Å². The summed E-state index contributed by atoms with van der Waals surface area (Å²) < 4.78 is 5.59. The molecule has 0 N–H and O–H groups in total. The molecule has 0 unspecified atom stereocenters. The predicted molar refractivity (Wildman–Crippen MR) is 128 cm³/mol. The molecule has 0 bridgehead atoms. The first-order chi connectivity index (χ1) is 15.9. The van der Waals surface area contributed by atoms with Gasteiger partial charge in [-0.25, -0.2) is 4.98 Å². The molecule has 0 spiro atoms. The molecule has 4 rings (SSSR count). The van der Waals surface area contributed by atoms with Crippen LogP contribution < -0.4 is 0 Å². The first-order valence-electron chi connectivity index (χ1n) is 11.5. The molecule has 2 aromatic carbocycles. The molecule has 33 heavy (non-hydrogen) atoms. The van der Waals surface area contributed by atoms with Crippen LogP contribution in [-0.4, -0.2) is 46.7 Å². The lowest BCUT2D eigenvalue weighted by molar-refractivity contribution is -0.135. The minimum absolute atomic E-state index is 0.0614. The van der Waals surface area contributed by atoms with Crippen LogP contribution in [0.3, 0.4) is 0 Å². The smallest absolute Gasteiger partial charge is 0.275 e. The molecule has 6 heteroatoms. The second-order valence-corrected chi connectivity index (χ2v) is 9.24. The van der Waals surface area contributed by atoms with E-state index in [9.17, 15) is 9.59 Å². The Morgan fingerprint density at radius 2 is 1.67 bits per heavy atom. The van der Waals surface area contributed by atoms with Gasteiger partial charge in [-0.05, 0) is 56.4 Å². The Bertz CT molecular complexity index is 1100. The van der Waals surface area contributed by atoms with Gasteiger partial charge < -0.3 is 14.2 Å². The normalized spacial score (nSPS) is 14.2. The number of oxazole rings is 1. The Kier molecular flexibility index (Phi) is 6.63. The van der Waals surface area contributed by atoms with Crippen LogP contribution in [0.15, 0.2) is 65.3 Å². The minimum atomic E-state index is -0.606. The Hall–Kier alpha value is -3.41. The van der Waals surface area contributed by atoms with Gasteiger partial charge in [-0.15, -0.1) is 0 Å². The van der Waals surface area contributed by atoms with E-state index >= 15 is 0 Å². The number of carbonyl (C=O) groups excluding carboxylic acids is 2. The van der Waals surface area contributed by atoms with E-state index in [-0.39, 0.29) is 11.8 Å². The third-order valence-electron chi connectivity index (χ3n) is 6.36. The molecule has 0 atom stereocenters. The van der Waals surface area contributed by atoms with Crippen molar-refractivity contribution in [3.05, 3.63) is 77.7 Å². The Morgan fingerprint density at radius 1 is 1.00 bits per heavy atom. The average molecular weight is 446 g/mol. The van der Waals surface area contributed by atoms with Gasteiger partial charge in [0.05, 0.1) is 5.41 Å². The van der Waals surface area contributed by atoms with E-state index in [2.05, 4.69) is 4.98 Å². The van der Waals surface area contributed by atoms with E-state index in [1.165, 1.54) is 12.7 Å². The fraction of sp³-hybridized carbons (Fsp3) is 0.370. The Balaban J connectivity index is 1.41. The number of carbonyl (C=O) groups is 2. The largest absolute Gasteiger partial charge is 0.444 e. The van der Waals surface area contributed by atoms with Gasteiger partial charge in [-0.3, -0.25) is 9.59 Å². The van der Waals surface area contributed by atoms with Crippen LogP contribution in [-0.2, 0) is 16.8 Å². The number of piperidine rings is 1. The van der Waals surface area contributed by atoms with Gasteiger partial charge in [0.25, 0.3) is 5.91 Å². The Morgan fingerprint density at radius 3 is 2.33 bits per heavy atom. The highest BCUT2D eigenvalue weighted by Crippen LogP contribution is 2.26. The summed E-state index contributed by atoms with van der Waals surface area (Å²) in [6.45, 7) is 5.97. The summed E-state index contributed by atoms with van der Waals surface area (Å²) >= 11 is 0. The van der Waals surface area contributed by atoms with Gasteiger partial charge >= 0.3 is 0 Å². The van der Waals surface area contributed by atoms with Gasteiger partial charge in [0, 0.05) is 32.2 Å². The number of benzene rings is 2. The maximum absolute atomic E-state index is 13.1. The summed E-state index contributed by atoms with van der Waals surface area (Å²) in [4.78, 5) is 33.8. The molecule has 0 saturated carbocycles. The maximum atomic E-state index is 13.1. The van der Waals surface area contributed by atoms with Crippen LogP contribution >= 0.6 is 0 Å². The number of amides is 2. The van der Waals surface area contributed by atoms with E-state index in [0.717, 1.165) is 42.6 Å². The third-order valence-corrected chi connectivity index (χ3v) is 6.36. The number of hydrogen-bond acceptors (Lipinski definition) is 4. The molecule has 6 nitrogen and oxygen atoms in total. The van der Waals surface area contributed by atoms with Crippen molar-refractivity contribution in [2.45, 2.75) is 45.1 Å². The van der Waals surface area contributed by atoms with E-state index < -0.39 is 5.41 Å². The second-order valence-electron chi connectivity index (χ2n) is 9.24. The molecule has 1 saturated heterocycles. The minimum Gasteiger partial charge on any atom is -0.444 e. The zero-order valence-electron chi connectivity index (χ0n) is 19.6. The fourth-order valence-corrected chi connectivity index (χ4v) is 4.32. The average Bonchev–Trinajstić information content (AvgIpc) is 3.35. The number of likely N-dealkylation sites (N-methyl/N-ethyl adjacent to an activating group) is 1. The molecule has 1 fully saturated rings. The highest BCUT2D eigenvalue weighted by molar-refractivity contribution is 5.92. The van der Waals surface area contributed by atoms with E-state index in [0.29, 0.717) is 18.1 Å². The number of nitrogens with zero attached hydrogens (tertiary/aromatic N) is 3. The first kappa shape index (κ1) is 22.8. The van der Waals surface area contributed by atoms with Gasteiger partial charge in [0.1, 0.15) is 6.26 Å². The summed E-state index contributed by atoms with van der Waals surface area (Å²) in [5.74, 6) is 0.422. The van der Waals surface area contributed by atoms with E-state index in [1.807, 2.05) is 80.4 Å². The summed E-state index contributed by atoms with van der Waals surface area (Å²) in [7, 11) is 1.83. The van der Waals surface area contributed by atoms with Crippen molar-refractivity contribution in [2.75, 3.05) is 20.1 Å². The lowest BCUT2D eigenvalue weighted by atomic mass is 9.83. The number of likely N-dealkylation sites (tertiary alicyclic amines) is 1. The topological polar surface area (TPSA) is 66.7 Å². The quantitative estimate of drug-likeness (QED) is 0.541. The molecular formula is C27H31N3O3. The lowest BCUT2D eigenvalue weighted by Crippen LogP contribution is -2.40. The number of rotatable bonds is 6. The third kappa shape index (κ3) is 5.00. The zero-order chi connectivity index (χ0) is 23.4. The molecule has 1 aliphatic heterocycles. The van der Waals surface area contributed by atoms with Gasteiger partial charge in [-0.1, -0.05) is 42.5 Å². The van der Waals surface area contributed by atoms with Crippen LogP contribution in [0.1, 0.15) is 54.7 Å². The van der Waals surface area contributed by atoms with Crippen molar-refractivity contribution in [1.82, 2.24) is 14.8 Å². The van der Waals surface area contributed by atoms with E-state index in [4.69, 9.17) is 4.42 Å². The summed E-state index contributed by atoms with van der Waals surface area (Å²) in [6, 6.07) is 17.6.